The van der Waals surface area contributed by atoms with Gasteiger partial charge in [-0.15, -0.1) is 0 Å². The van der Waals surface area contributed by atoms with Gasteiger partial charge in [0.05, 0.1) is 12.7 Å². The number of rotatable bonds is 6. The third-order valence-corrected chi connectivity index (χ3v) is 3.29. The van der Waals surface area contributed by atoms with E-state index in [9.17, 15) is 0 Å². The monoisotopic (exact) mass is 215 g/mol. The molecule has 0 amide bonds. The first-order valence-corrected chi connectivity index (χ1v) is 5.82. The maximum atomic E-state index is 5.31. The lowest BCUT2D eigenvalue weighted by atomic mass is 9.92. The zero-order chi connectivity index (χ0) is 11.3. The predicted molar refractivity (Wildman–Crippen MR) is 62.1 cm³/mol. The maximum Gasteiger partial charge on any atom is 0.0928 e. The highest BCUT2D eigenvalue weighted by Crippen LogP contribution is 2.36. The van der Waals surface area contributed by atoms with Gasteiger partial charge in [0, 0.05) is 26.8 Å². The number of methoxy groups -OCH3 is 2. The van der Waals surface area contributed by atoms with Crippen LogP contribution in [-0.2, 0) is 9.47 Å². The summed E-state index contributed by atoms with van der Waals surface area (Å²) in [5.41, 5.74) is 0.515. The van der Waals surface area contributed by atoms with E-state index >= 15 is 0 Å². The Balaban J connectivity index is 2.19. The third kappa shape index (κ3) is 4.49. The molecule has 3 heteroatoms. The topological polar surface area (TPSA) is 30.5 Å². The first-order valence-electron chi connectivity index (χ1n) is 5.82. The highest BCUT2D eigenvalue weighted by molar-refractivity contribution is 4.86. The summed E-state index contributed by atoms with van der Waals surface area (Å²) in [7, 11) is 3.45. The maximum absolute atomic E-state index is 5.31. The summed E-state index contributed by atoms with van der Waals surface area (Å²) in [6.45, 7) is 6.25. The molecule has 0 saturated heterocycles. The molecule has 2 atom stereocenters. The number of hydrogen-bond donors (Lipinski definition) is 1. The van der Waals surface area contributed by atoms with Gasteiger partial charge in [-0.3, -0.25) is 0 Å². The molecule has 15 heavy (non-hydrogen) atoms. The fourth-order valence-corrected chi connectivity index (χ4v) is 2.30. The molecule has 1 N–H and O–H groups in total. The molecule has 1 aliphatic carbocycles. The first-order chi connectivity index (χ1) is 7.07. The van der Waals surface area contributed by atoms with Crippen molar-refractivity contribution in [2.75, 3.05) is 27.4 Å². The van der Waals surface area contributed by atoms with E-state index in [1.54, 1.807) is 14.2 Å². The Morgan fingerprint density at radius 1 is 1.40 bits per heavy atom. The quantitative estimate of drug-likeness (QED) is 0.733. The van der Waals surface area contributed by atoms with Gasteiger partial charge in [-0.25, -0.2) is 0 Å². The van der Waals surface area contributed by atoms with Crippen molar-refractivity contribution < 1.29 is 9.47 Å². The lowest BCUT2D eigenvalue weighted by Gasteiger charge is -2.20. The molecule has 0 aliphatic heterocycles. The van der Waals surface area contributed by atoms with Gasteiger partial charge in [0.1, 0.15) is 0 Å². The van der Waals surface area contributed by atoms with Gasteiger partial charge in [-0.2, -0.15) is 0 Å². The highest BCUT2D eigenvalue weighted by atomic mass is 16.5. The van der Waals surface area contributed by atoms with Crippen LogP contribution in [0.5, 0.6) is 0 Å². The van der Waals surface area contributed by atoms with Gasteiger partial charge in [-0.1, -0.05) is 13.8 Å². The molecule has 0 aromatic rings. The molecule has 1 saturated carbocycles. The van der Waals surface area contributed by atoms with Crippen molar-refractivity contribution in [1.29, 1.82) is 0 Å². The minimum atomic E-state index is 0.179. The Bertz CT molecular complexity index is 182. The summed E-state index contributed by atoms with van der Waals surface area (Å²) in [6.07, 6.45) is 4.07. The van der Waals surface area contributed by atoms with Gasteiger partial charge >= 0.3 is 0 Å². The molecule has 3 nitrogen and oxygen atoms in total. The van der Waals surface area contributed by atoms with E-state index in [2.05, 4.69) is 19.2 Å². The van der Waals surface area contributed by atoms with Crippen molar-refractivity contribution in [1.82, 2.24) is 5.32 Å². The van der Waals surface area contributed by atoms with Crippen LogP contribution >= 0.6 is 0 Å². The van der Waals surface area contributed by atoms with Gasteiger partial charge in [0.25, 0.3) is 0 Å². The van der Waals surface area contributed by atoms with Gasteiger partial charge in [0.2, 0.25) is 0 Å². The molecular formula is C12H25NO2. The SMILES string of the molecule is COCC(CNC1CCC(C)(C)C1)OC. The molecule has 0 bridgehead atoms. The molecule has 1 aliphatic rings. The first kappa shape index (κ1) is 12.9. The molecular weight excluding hydrogens is 190 g/mol. The molecule has 1 fully saturated rings. The second-order valence-corrected chi connectivity index (χ2v) is 5.33. The average Bonchev–Trinajstić information content (AvgIpc) is 2.53. The fourth-order valence-electron chi connectivity index (χ4n) is 2.30. The number of ether oxygens (including phenoxy) is 2. The molecule has 90 valence electrons. The van der Waals surface area contributed by atoms with E-state index in [-0.39, 0.29) is 6.10 Å². The second kappa shape index (κ2) is 5.83. The van der Waals surface area contributed by atoms with E-state index in [1.165, 1.54) is 19.3 Å². The summed E-state index contributed by atoms with van der Waals surface area (Å²) in [5, 5.41) is 3.57. The molecule has 0 heterocycles. The van der Waals surface area contributed by atoms with Crippen molar-refractivity contribution in [3.63, 3.8) is 0 Å². The Hall–Kier alpha value is -0.120. The summed E-state index contributed by atoms with van der Waals surface area (Å²) in [5.74, 6) is 0. The van der Waals surface area contributed by atoms with Crippen molar-refractivity contribution in [3.8, 4) is 0 Å². The third-order valence-electron chi connectivity index (χ3n) is 3.29. The van der Waals surface area contributed by atoms with Crippen molar-refractivity contribution >= 4 is 0 Å². The zero-order valence-electron chi connectivity index (χ0n) is 10.5. The summed E-state index contributed by atoms with van der Waals surface area (Å²) >= 11 is 0. The van der Waals surface area contributed by atoms with Crippen LogP contribution in [0.2, 0.25) is 0 Å². The summed E-state index contributed by atoms with van der Waals surface area (Å²) in [6, 6.07) is 0.662. The smallest absolute Gasteiger partial charge is 0.0928 e. The van der Waals surface area contributed by atoms with Crippen molar-refractivity contribution in [2.45, 2.75) is 45.3 Å². The Morgan fingerprint density at radius 3 is 2.60 bits per heavy atom. The lowest BCUT2D eigenvalue weighted by Crippen LogP contribution is -2.37. The molecule has 2 unspecified atom stereocenters. The fraction of sp³-hybridized carbons (Fsp3) is 1.00. The van der Waals surface area contributed by atoms with Crippen LogP contribution in [0.15, 0.2) is 0 Å². The molecule has 0 radical (unpaired) electrons. The van der Waals surface area contributed by atoms with Gasteiger partial charge < -0.3 is 14.8 Å². The Labute approximate surface area is 93.5 Å². The highest BCUT2D eigenvalue weighted by Gasteiger charge is 2.30. The van der Waals surface area contributed by atoms with E-state index in [4.69, 9.17) is 9.47 Å². The minimum absolute atomic E-state index is 0.179. The zero-order valence-corrected chi connectivity index (χ0v) is 10.5. The van der Waals surface area contributed by atoms with Gasteiger partial charge in [0.15, 0.2) is 0 Å². The van der Waals surface area contributed by atoms with Crippen LogP contribution in [0.3, 0.4) is 0 Å². The van der Waals surface area contributed by atoms with Crippen molar-refractivity contribution in [3.05, 3.63) is 0 Å². The molecule has 0 spiro atoms. The van der Waals surface area contributed by atoms with Crippen LogP contribution < -0.4 is 5.32 Å². The molecule has 0 aromatic heterocycles. The summed E-state index contributed by atoms with van der Waals surface area (Å²) < 4.78 is 10.4. The molecule has 1 rings (SSSR count). The van der Waals surface area contributed by atoms with Crippen molar-refractivity contribution in [2.24, 2.45) is 5.41 Å². The normalized spacial score (nSPS) is 26.8. The van der Waals surface area contributed by atoms with E-state index in [0.717, 1.165) is 6.54 Å². The Morgan fingerprint density at radius 2 is 2.13 bits per heavy atom. The van der Waals surface area contributed by atoms with E-state index < -0.39 is 0 Å². The van der Waals surface area contributed by atoms with Crippen LogP contribution in [0.1, 0.15) is 33.1 Å². The largest absolute Gasteiger partial charge is 0.382 e. The van der Waals surface area contributed by atoms with Gasteiger partial charge in [-0.05, 0) is 24.7 Å². The average molecular weight is 215 g/mol. The van der Waals surface area contributed by atoms with Crippen LogP contribution in [0, 0.1) is 5.41 Å². The van der Waals surface area contributed by atoms with Crippen LogP contribution in [0.25, 0.3) is 0 Å². The second-order valence-electron chi connectivity index (χ2n) is 5.33. The van der Waals surface area contributed by atoms with Crippen LogP contribution in [-0.4, -0.2) is 39.5 Å². The summed E-state index contributed by atoms with van der Waals surface area (Å²) in [4.78, 5) is 0. The van der Waals surface area contributed by atoms with E-state index in [1.807, 2.05) is 0 Å². The minimum Gasteiger partial charge on any atom is -0.382 e. The standard InChI is InChI=1S/C12H25NO2/c1-12(2)6-5-10(7-12)13-8-11(15-4)9-14-3/h10-11,13H,5-9H2,1-4H3. The van der Waals surface area contributed by atoms with Crippen LogP contribution in [0.4, 0.5) is 0 Å². The van der Waals surface area contributed by atoms with E-state index in [0.29, 0.717) is 18.1 Å². The predicted octanol–water partition coefficient (Wildman–Crippen LogP) is 1.82. The molecule has 0 aromatic carbocycles. The lowest BCUT2D eigenvalue weighted by molar-refractivity contribution is 0.0273. The number of nitrogens with one attached hydrogen (secondary N) is 1. The Kier molecular flexibility index (Phi) is 5.03. The number of hydrogen-bond acceptors (Lipinski definition) is 3.